The molecule has 6 nitrogen and oxygen atoms in total. The monoisotopic (exact) mass is 388 g/mol. The summed E-state index contributed by atoms with van der Waals surface area (Å²) in [7, 11) is 0. The highest BCUT2D eigenvalue weighted by molar-refractivity contribution is 5.79. The summed E-state index contributed by atoms with van der Waals surface area (Å²) in [6.07, 6.45) is 3.59. The molecule has 0 N–H and O–H groups in total. The van der Waals surface area contributed by atoms with Crippen molar-refractivity contribution in [2.24, 2.45) is 5.92 Å². The van der Waals surface area contributed by atoms with Crippen LogP contribution < -0.4 is 4.74 Å². The van der Waals surface area contributed by atoms with Crippen LogP contribution in [-0.2, 0) is 14.3 Å². The molecule has 0 aliphatic carbocycles. The van der Waals surface area contributed by atoms with E-state index in [0.29, 0.717) is 45.7 Å². The maximum absolute atomic E-state index is 12.8. The molecule has 2 aliphatic heterocycles. The van der Waals surface area contributed by atoms with E-state index in [4.69, 9.17) is 9.47 Å². The topological polar surface area (TPSA) is 59.1 Å². The van der Waals surface area contributed by atoms with Gasteiger partial charge in [-0.15, -0.1) is 0 Å². The van der Waals surface area contributed by atoms with Crippen molar-refractivity contribution in [3.8, 4) is 5.75 Å². The molecule has 0 spiro atoms. The first-order valence-corrected chi connectivity index (χ1v) is 10.5. The van der Waals surface area contributed by atoms with Crippen molar-refractivity contribution in [3.63, 3.8) is 0 Å². The fourth-order valence-corrected chi connectivity index (χ4v) is 4.24. The third-order valence-corrected chi connectivity index (χ3v) is 5.75. The van der Waals surface area contributed by atoms with Gasteiger partial charge in [-0.1, -0.05) is 12.1 Å². The number of rotatable bonds is 7. The number of hydrogen-bond donors (Lipinski definition) is 0. The standard InChI is InChI=1S/C22H32N2O4/c1-3-27-19-9-7-17(8-10-19)20-6-5-13-24(20)16-21(25)23-14-11-18(12-15-23)22(26)28-4-2/h7-10,18,20H,3-6,11-16H2,1-2H3/t20-/m0/s1. The highest BCUT2D eigenvalue weighted by Gasteiger charge is 2.32. The Kier molecular flexibility index (Phi) is 7.31. The van der Waals surface area contributed by atoms with Gasteiger partial charge in [0.2, 0.25) is 5.91 Å². The molecule has 0 radical (unpaired) electrons. The van der Waals surface area contributed by atoms with E-state index in [1.165, 1.54) is 5.56 Å². The Hall–Kier alpha value is -2.08. The minimum absolute atomic E-state index is 0.0626. The molecule has 2 fully saturated rings. The Morgan fingerprint density at radius 3 is 2.36 bits per heavy atom. The molecule has 0 aromatic heterocycles. The zero-order chi connectivity index (χ0) is 19.9. The number of amides is 1. The van der Waals surface area contributed by atoms with E-state index in [-0.39, 0.29) is 23.8 Å². The molecule has 1 atom stereocenters. The largest absolute Gasteiger partial charge is 0.494 e. The zero-order valence-electron chi connectivity index (χ0n) is 17.1. The number of nitrogens with zero attached hydrogens (tertiary/aromatic N) is 2. The normalized spacial score (nSPS) is 20.9. The number of piperidine rings is 1. The van der Waals surface area contributed by atoms with Crippen LogP contribution in [0.5, 0.6) is 5.75 Å². The van der Waals surface area contributed by atoms with E-state index in [1.807, 2.05) is 30.9 Å². The molecule has 0 saturated carbocycles. The van der Waals surface area contributed by atoms with Crippen LogP contribution in [0.15, 0.2) is 24.3 Å². The summed E-state index contributed by atoms with van der Waals surface area (Å²) in [6.45, 7) is 7.57. The third-order valence-electron chi connectivity index (χ3n) is 5.75. The molecule has 2 saturated heterocycles. The molecule has 3 rings (SSSR count). The predicted molar refractivity (Wildman–Crippen MR) is 107 cm³/mol. The number of esters is 1. The fourth-order valence-electron chi connectivity index (χ4n) is 4.24. The van der Waals surface area contributed by atoms with Crippen LogP contribution in [0.3, 0.4) is 0 Å². The average molecular weight is 389 g/mol. The highest BCUT2D eigenvalue weighted by atomic mass is 16.5. The quantitative estimate of drug-likeness (QED) is 0.672. The summed E-state index contributed by atoms with van der Waals surface area (Å²) < 4.78 is 10.6. The maximum atomic E-state index is 12.8. The van der Waals surface area contributed by atoms with Crippen LogP contribution in [0, 0.1) is 5.92 Å². The van der Waals surface area contributed by atoms with Gasteiger partial charge >= 0.3 is 5.97 Å². The van der Waals surface area contributed by atoms with Gasteiger partial charge in [0.05, 0.1) is 25.7 Å². The predicted octanol–water partition coefficient (Wildman–Crippen LogP) is 3.02. The van der Waals surface area contributed by atoms with Crippen LogP contribution in [0.2, 0.25) is 0 Å². The molecule has 154 valence electrons. The van der Waals surface area contributed by atoms with Crippen molar-refractivity contribution in [1.82, 2.24) is 9.80 Å². The Balaban J connectivity index is 1.53. The molecular formula is C22H32N2O4. The van der Waals surface area contributed by atoms with Crippen LogP contribution in [0.25, 0.3) is 0 Å². The number of likely N-dealkylation sites (tertiary alicyclic amines) is 2. The minimum atomic E-state index is -0.121. The van der Waals surface area contributed by atoms with E-state index < -0.39 is 0 Å². The number of carbonyl (C=O) groups excluding carboxylic acids is 2. The Labute approximate surface area is 167 Å². The summed E-state index contributed by atoms with van der Waals surface area (Å²) in [4.78, 5) is 28.9. The first-order valence-electron chi connectivity index (χ1n) is 10.5. The summed E-state index contributed by atoms with van der Waals surface area (Å²) in [5, 5.41) is 0. The van der Waals surface area contributed by atoms with Gasteiger partial charge in [0.15, 0.2) is 0 Å². The summed E-state index contributed by atoms with van der Waals surface area (Å²) in [5.41, 5.74) is 1.25. The lowest BCUT2D eigenvalue weighted by molar-refractivity contribution is -0.151. The molecule has 28 heavy (non-hydrogen) atoms. The molecule has 1 aromatic rings. The van der Waals surface area contributed by atoms with Crippen molar-refractivity contribution < 1.29 is 19.1 Å². The van der Waals surface area contributed by atoms with Crippen molar-refractivity contribution in [1.29, 1.82) is 0 Å². The molecular weight excluding hydrogens is 356 g/mol. The van der Waals surface area contributed by atoms with E-state index in [9.17, 15) is 9.59 Å². The third kappa shape index (κ3) is 5.04. The van der Waals surface area contributed by atoms with Crippen LogP contribution in [0.4, 0.5) is 0 Å². The summed E-state index contributed by atoms with van der Waals surface area (Å²) >= 11 is 0. The van der Waals surface area contributed by atoms with Gasteiger partial charge in [-0.3, -0.25) is 14.5 Å². The molecule has 2 heterocycles. The second kappa shape index (κ2) is 9.92. The van der Waals surface area contributed by atoms with E-state index in [0.717, 1.165) is 25.1 Å². The van der Waals surface area contributed by atoms with Gasteiger partial charge in [-0.25, -0.2) is 0 Å². The molecule has 1 amide bonds. The summed E-state index contributed by atoms with van der Waals surface area (Å²) in [6, 6.07) is 8.54. The van der Waals surface area contributed by atoms with E-state index in [2.05, 4.69) is 17.0 Å². The number of benzene rings is 1. The molecule has 0 unspecified atom stereocenters. The van der Waals surface area contributed by atoms with Gasteiger partial charge in [0, 0.05) is 19.1 Å². The van der Waals surface area contributed by atoms with Gasteiger partial charge in [-0.05, 0) is 63.8 Å². The van der Waals surface area contributed by atoms with Crippen LogP contribution in [-0.4, -0.2) is 61.1 Å². The lowest BCUT2D eigenvalue weighted by Crippen LogP contribution is -2.45. The van der Waals surface area contributed by atoms with E-state index in [1.54, 1.807) is 0 Å². The maximum Gasteiger partial charge on any atom is 0.309 e. The first kappa shape index (κ1) is 20.6. The Bertz CT molecular complexity index is 653. The average Bonchev–Trinajstić information content (AvgIpc) is 3.17. The van der Waals surface area contributed by atoms with Gasteiger partial charge in [0.1, 0.15) is 5.75 Å². The Morgan fingerprint density at radius 2 is 1.71 bits per heavy atom. The van der Waals surface area contributed by atoms with Gasteiger partial charge in [-0.2, -0.15) is 0 Å². The molecule has 0 bridgehead atoms. The SMILES string of the molecule is CCOC(=O)C1CCN(C(=O)CN2CCC[C@H]2c2ccc(OCC)cc2)CC1. The number of ether oxygens (including phenoxy) is 2. The number of carbonyl (C=O) groups is 2. The van der Waals surface area contributed by atoms with Crippen molar-refractivity contribution in [3.05, 3.63) is 29.8 Å². The second-order valence-electron chi connectivity index (χ2n) is 7.54. The lowest BCUT2D eigenvalue weighted by Gasteiger charge is -2.33. The number of hydrogen-bond acceptors (Lipinski definition) is 5. The lowest BCUT2D eigenvalue weighted by atomic mass is 9.97. The molecule has 6 heteroatoms. The van der Waals surface area contributed by atoms with Crippen molar-refractivity contribution in [2.45, 2.75) is 45.6 Å². The van der Waals surface area contributed by atoms with Crippen molar-refractivity contribution in [2.75, 3.05) is 39.4 Å². The molecule has 2 aliphatic rings. The zero-order valence-corrected chi connectivity index (χ0v) is 17.1. The smallest absolute Gasteiger partial charge is 0.309 e. The second-order valence-corrected chi connectivity index (χ2v) is 7.54. The van der Waals surface area contributed by atoms with Gasteiger partial charge < -0.3 is 14.4 Å². The summed E-state index contributed by atoms with van der Waals surface area (Å²) in [5.74, 6) is 0.869. The Morgan fingerprint density at radius 1 is 1.00 bits per heavy atom. The fraction of sp³-hybridized carbons (Fsp3) is 0.636. The van der Waals surface area contributed by atoms with Crippen LogP contribution >= 0.6 is 0 Å². The van der Waals surface area contributed by atoms with E-state index >= 15 is 0 Å². The highest BCUT2D eigenvalue weighted by Crippen LogP contribution is 2.32. The van der Waals surface area contributed by atoms with Gasteiger partial charge in [0.25, 0.3) is 0 Å². The molecule has 1 aromatic carbocycles. The first-order chi connectivity index (χ1) is 13.6. The van der Waals surface area contributed by atoms with Crippen molar-refractivity contribution >= 4 is 11.9 Å². The van der Waals surface area contributed by atoms with Crippen LogP contribution in [0.1, 0.15) is 51.1 Å². The minimum Gasteiger partial charge on any atom is -0.494 e.